The van der Waals surface area contributed by atoms with Gasteiger partial charge in [-0.05, 0) is 74.8 Å². The number of carbonyl (C=O) groups is 2. The molecule has 0 amide bonds. The third-order valence-electron chi connectivity index (χ3n) is 6.01. The van der Waals surface area contributed by atoms with Gasteiger partial charge in [0.15, 0.2) is 5.78 Å². The molecule has 0 unspecified atom stereocenters. The Morgan fingerprint density at radius 3 is 2.24 bits per heavy atom. The van der Waals surface area contributed by atoms with E-state index < -0.39 is 5.60 Å². The molecule has 1 spiro atoms. The van der Waals surface area contributed by atoms with Crippen LogP contribution in [0.5, 0.6) is 0 Å². The molecule has 2 aromatic carbocycles. The van der Waals surface area contributed by atoms with Crippen LogP contribution in [-0.4, -0.2) is 17.4 Å². The molecule has 0 atom stereocenters. The minimum atomic E-state index is -0.770. The third kappa shape index (κ3) is 3.46. The highest BCUT2D eigenvalue weighted by Crippen LogP contribution is 2.49. The molecule has 0 radical (unpaired) electrons. The van der Waals surface area contributed by atoms with Gasteiger partial charge in [-0.15, -0.1) is 0 Å². The second-order valence-electron chi connectivity index (χ2n) is 8.22. The zero-order valence-corrected chi connectivity index (χ0v) is 17.2. The van der Waals surface area contributed by atoms with E-state index in [-0.39, 0.29) is 11.8 Å². The fourth-order valence-corrected chi connectivity index (χ4v) is 4.88. The van der Waals surface area contributed by atoms with Gasteiger partial charge in [-0.1, -0.05) is 54.1 Å². The first-order valence-electron chi connectivity index (χ1n) is 10.2. The van der Waals surface area contributed by atoms with E-state index in [4.69, 9.17) is 4.74 Å². The number of benzene rings is 2. The highest BCUT2D eigenvalue weighted by Gasteiger charge is 2.52. The van der Waals surface area contributed by atoms with Crippen LogP contribution in [0.1, 0.15) is 53.5 Å². The molecule has 1 saturated carbocycles. The van der Waals surface area contributed by atoms with E-state index in [2.05, 4.69) is 12.1 Å². The summed E-state index contributed by atoms with van der Waals surface area (Å²) in [5, 5.41) is 0. The molecule has 3 nitrogen and oxygen atoms in total. The first-order valence-corrected chi connectivity index (χ1v) is 10.2. The summed E-state index contributed by atoms with van der Waals surface area (Å²) in [6.07, 6.45) is 6.76. The Morgan fingerprint density at radius 2 is 1.62 bits per heavy atom. The zero-order valence-electron chi connectivity index (χ0n) is 17.2. The van der Waals surface area contributed by atoms with Crippen molar-refractivity contribution in [1.29, 1.82) is 0 Å². The van der Waals surface area contributed by atoms with E-state index in [0.717, 1.165) is 40.7 Å². The first-order chi connectivity index (χ1) is 13.9. The maximum Gasteiger partial charge on any atom is 0.340 e. The molecule has 3 heteroatoms. The quantitative estimate of drug-likeness (QED) is 0.513. The van der Waals surface area contributed by atoms with Crippen molar-refractivity contribution in [1.82, 2.24) is 0 Å². The van der Waals surface area contributed by atoms with Crippen molar-refractivity contribution in [3.8, 4) is 0 Å². The lowest BCUT2D eigenvalue weighted by Gasteiger charge is -2.24. The maximum atomic E-state index is 13.4. The number of aryl methyl sites for hydroxylation is 3. The molecule has 2 aliphatic rings. The van der Waals surface area contributed by atoms with Crippen molar-refractivity contribution < 1.29 is 14.3 Å². The normalized spacial score (nSPS) is 18.1. The number of hydrogen-bond acceptors (Lipinski definition) is 3. The summed E-state index contributed by atoms with van der Waals surface area (Å²) in [4.78, 5) is 26.5. The Labute approximate surface area is 172 Å². The van der Waals surface area contributed by atoms with E-state index in [1.165, 1.54) is 0 Å². The van der Waals surface area contributed by atoms with Gasteiger partial charge in [-0.3, -0.25) is 4.79 Å². The second-order valence-corrected chi connectivity index (χ2v) is 8.22. The van der Waals surface area contributed by atoms with Crippen molar-refractivity contribution in [3.05, 3.63) is 81.9 Å². The van der Waals surface area contributed by atoms with Crippen LogP contribution in [0.3, 0.4) is 0 Å². The average molecular weight is 386 g/mol. The lowest BCUT2D eigenvalue weighted by atomic mass is 9.82. The van der Waals surface area contributed by atoms with Crippen LogP contribution in [0.2, 0.25) is 0 Å². The summed E-state index contributed by atoms with van der Waals surface area (Å²) >= 11 is 0. The standard InChI is InChI=1S/C26H26O3/c1-17-15-18(2)22(19(3)16-17)23-24(26(29-25(23)28)13-7-8-14-26)21(27)12-11-20-9-5-4-6-10-20/h4-6,9-12,15-16H,7-8,13-14H2,1-3H3/b12-11+. The number of rotatable bonds is 4. The molecule has 1 fully saturated rings. The molecule has 0 bridgehead atoms. The summed E-state index contributed by atoms with van der Waals surface area (Å²) in [5.74, 6) is -0.491. The fraction of sp³-hybridized carbons (Fsp3) is 0.308. The molecule has 0 N–H and O–H groups in total. The van der Waals surface area contributed by atoms with E-state index in [1.54, 1.807) is 6.08 Å². The van der Waals surface area contributed by atoms with E-state index >= 15 is 0 Å². The predicted molar refractivity (Wildman–Crippen MR) is 115 cm³/mol. The van der Waals surface area contributed by atoms with Crippen LogP contribution in [0.15, 0.2) is 54.1 Å². The van der Waals surface area contributed by atoms with Gasteiger partial charge in [0, 0.05) is 0 Å². The molecular weight excluding hydrogens is 360 g/mol. The van der Waals surface area contributed by atoms with Gasteiger partial charge in [0.05, 0.1) is 11.1 Å². The Bertz CT molecular complexity index is 1010. The van der Waals surface area contributed by atoms with Crippen molar-refractivity contribution in [2.75, 3.05) is 0 Å². The van der Waals surface area contributed by atoms with E-state index in [1.807, 2.05) is 57.2 Å². The molecule has 29 heavy (non-hydrogen) atoms. The average Bonchev–Trinajstić information content (AvgIpc) is 3.25. The van der Waals surface area contributed by atoms with Gasteiger partial charge in [-0.25, -0.2) is 4.79 Å². The molecule has 4 rings (SSSR count). The maximum absolute atomic E-state index is 13.4. The Morgan fingerprint density at radius 1 is 1.00 bits per heavy atom. The summed E-state index contributed by atoms with van der Waals surface area (Å²) in [6, 6.07) is 13.8. The Hall–Kier alpha value is -2.94. The third-order valence-corrected chi connectivity index (χ3v) is 6.01. The SMILES string of the molecule is Cc1cc(C)c(C2=C(C(=O)/C=C/c3ccccc3)C3(CCCC3)OC2=O)c(C)c1. The largest absolute Gasteiger partial charge is 0.450 e. The minimum absolute atomic E-state index is 0.129. The first kappa shape index (κ1) is 19.4. The minimum Gasteiger partial charge on any atom is -0.450 e. The van der Waals surface area contributed by atoms with Crippen LogP contribution < -0.4 is 0 Å². The number of hydrogen-bond donors (Lipinski definition) is 0. The van der Waals surface area contributed by atoms with Gasteiger partial charge in [0.25, 0.3) is 0 Å². The van der Waals surface area contributed by atoms with E-state index in [9.17, 15) is 9.59 Å². The monoisotopic (exact) mass is 386 g/mol. The molecule has 0 aromatic heterocycles. The van der Waals surface area contributed by atoms with Gasteiger partial charge in [-0.2, -0.15) is 0 Å². The number of allylic oxidation sites excluding steroid dienone is 1. The van der Waals surface area contributed by atoms with Crippen LogP contribution in [0.4, 0.5) is 0 Å². The van der Waals surface area contributed by atoms with Gasteiger partial charge in [0.1, 0.15) is 5.60 Å². The zero-order chi connectivity index (χ0) is 20.6. The molecule has 1 heterocycles. The smallest absolute Gasteiger partial charge is 0.340 e. The van der Waals surface area contributed by atoms with Gasteiger partial charge >= 0.3 is 5.97 Å². The summed E-state index contributed by atoms with van der Waals surface area (Å²) < 4.78 is 5.94. The van der Waals surface area contributed by atoms with Crippen LogP contribution in [-0.2, 0) is 14.3 Å². The Balaban J connectivity index is 1.87. The molecule has 1 aliphatic heterocycles. The number of ether oxygens (including phenoxy) is 1. The van der Waals surface area contributed by atoms with Gasteiger partial charge in [0.2, 0.25) is 0 Å². The molecule has 1 aliphatic carbocycles. The Kier molecular flexibility index (Phi) is 4.99. The highest BCUT2D eigenvalue weighted by molar-refractivity contribution is 6.30. The van der Waals surface area contributed by atoms with Crippen LogP contribution in [0, 0.1) is 20.8 Å². The number of esters is 1. The fourth-order valence-electron chi connectivity index (χ4n) is 4.88. The van der Waals surface area contributed by atoms with E-state index in [0.29, 0.717) is 24.0 Å². The number of carbonyl (C=O) groups excluding carboxylic acids is 2. The lowest BCUT2D eigenvalue weighted by molar-refractivity contribution is -0.145. The molecule has 0 saturated heterocycles. The molecule has 148 valence electrons. The second kappa shape index (κ2) is 7.47. The number of ketones is 1. The van der Waals surface area contributed by atoms with Gasteiger partial charge < -0.3 is 4.74 Å². The van der Waals surface area contributed by atoms with Crippen LogP contribution in [0.25, 0.3) is 11.6 Å². The van der Waals surface area contributed by atoms with Crippen LogP contribution >= 0.6 is 0 Å². The van der Waals surface area contributed by atoms with Crippen molar-refractivity contribution in [2.24, 2.45) is 0 Å². The summed E-state index contributed by atoms with van der Waals surface area (Å²) in [6.45, 7) is 6.03. The summed E-state index contributed by atoms with van der Waals surface area (Å²) in [7, 11) is 0. The van der Waals surface area contributed by atoms with Crippen molar-refractivity contribution >= 4 is 23.4 Å². The van der Waals surface area contributed by atoms with Crippen molar-refractivity contribution in [2.45, 2.75) is 52.1 Å². The predicted octanol–water partition coefficient (Wildman–Crippen LogP) is 5.52. The molecular formula is C26H26O3. The lowest BCUT2D eigenvalue weighted by Crippen LogP contribution is -2.31. The van der Waals surface area contributed by atoms with Crippen molar-refractivity contribution in [3.63, 3.8) is 0 Å². The molecule has 2 aromatic rings. The highest BCUT2D eigenvalue weighted by atomic mass is 16.6. The topological polar surface area (TPSA) is 43.4 Å². The summed E-state index contributed by atoms with van der Waals surface area (Å²) in [5.41, 5.74) is 5.18.